The van der Waals surface area contributed by atoms with Gasteiger partial charge in [-0.1, -0.05) is 230 Å². The van der Waals surface area contributed by atoms with Gasteiger partial charge in [-0.05, 0) is 215 Å². The van der Waals surface area contributed by atoms with E-state index in [4.69, 9.17) is 42.6 Å². The van der Waals surface area contributed by atoms with E-state index < -0.39 is 30.5 Å². The molecule has 1 aliphatic carbocycles. The Kier molecular flexibility index (Phi) is 35.6. The molecule has 618 valence electrons. The molecule has 0 bridgehead atoms. The normalized spacial score (nSPS) is 11.7. The summed E-state index contributed by atoms with van der Waals surface area (Å²) in [6, 6.07) is 76.8. The first-order chi connectivity index (χ1) is 57.2. The monoisotopic (exact) mass is 1600 g/mol. The summed E-state index contributed by atoms with van der Waals surface area (Å²) in [6.07, 6.45) is 6.26. The first-order valence-corrected chi connectivity index (χ1v) is 39.9. The summed E-state index contributed by atoms with van der Waals surface area (Å²) in [7, 11) is 2.97. The molecule has 5 N–H and O–H groups in total. The van der Waals surface area contributed by atoms with Gasteiger partial charge in [-0.3, -0.25) is 0 Å². The predicted molar refractivity (Wildman–Crippen MR) is 458 cm³/mol. The number of ether oxygens (including phenoxy) is 9. The number of halogens is 2. The summed E-state index contributed by atoms with van der Waals surface area (Å²) in [4.78, 5) is 59.6. The van der Waals surface area contributed by atoms with Gasteiger partial charge in [-0.25, -0.2) is 32.8 Å². The third-order valence-corrected chi connectivity index (χ3v) is 19.3. The maximum absolute atomic E-state index is 12.8. The predicted octanol–water partition coefficient (Wildman–Crippen LogP) is 21.6. The van der Waals surface area contributed by atoms with E-state index in [0.717, 1.165) is 57.7 Å². The van der Waals surface area contributed by atoms with E-state index in [2.05, 4.69) is 142 Å². The molecule has 0 aromatic heterocycles. The summed E-state index contributed by atoms with van der Waals surface area (Å²) < 4.78 is 73.4. The number of benzene rings is 11. The molecule has 0 spiro atoms. The van der Waals surface area contributed by atoms with Crippen LogP contribution < -0.4 is 69.2 Å². The SMILES string of the molecule is CC(C)c1ccccc1OC(=O)NCCc1ccc2c(c1)OCO2.CC(C)c1ccccc1OC(=O)NCCc1ccc2ccccc2c1.COc1cccc(OC(=O)NCCc2ccc(F)cc2)c1OC.Cc1ccc(CCNC(=O)Oc2ccccc2C(C)C)cc1.O=C(NCCc1ccc(F)cc1)Oc1ccc(C2CCCC2)cc1. The molecule has 1 fully saturated rings. The minimum absolute atomic E-state index is 0.257. The Morgan fingerprint density at radius 2 is 0.729 bits per heavy atom. The van der Waals surface area contributed by atoms with Crippen molar-refractivity contribution in [1.82, 2.24) is 26.6 Å². The van der Waals surface area contributed by atoms with Crippen molar-refractivity contribution in [3.63, 3.8) is 0 Å². The highest BCUT2D eigenvalue weighted by Gasteiger charge is 2.20. The molecule has 19 nitrogen and oxygen atoms in total. The van der Waals surface area contributed by atoms with E-state index in [0.29, 0.717) is 110 Å². The van der Waals surface area contributed by atoms with Crippen molar-refractivity contribution in [2.45, 2.75) is 130 Å². The van der Waals surface area contributed by atoms with E-state index >= 15 is 0 Å². The van der Waals surface area contributed by atoms with Crippen LogP contribution in [0.4, 0.5) is 32.8 Å². The average Bonchev–Trinajstić information content (AvgIpc) is 1.81. The van der Waals surface area contributed by atoms with Crippen molar-refractivity contribution < 1.29 is 75.4 Å². The van der Waals surface area contributed by atoms with Crippen molar-refractivity contribution in [3.8, 4) is 51.7 Å². The Morgan fingerprint density at radius 1 is 0.364 bits per heavy atom. The molecule has 5 amide bonds. The average molecular weight is 1600 g/mol. The number of hydrogen-bond donors (Lipinski definition) is 5. The fraction of sp³-hybridized carbons (Fsp3) is 0.289. The molecule has 2 aliphatic rings. The highest BCUT2D eigenvalue weighted by Crippen LogP contribution is 2.38. The molecule has 13 rings (SSSR count). The van der Waals surface area contributed by atoms with Gasteiger partial charge in [0, 0.05) is 32.7 Å². The Labute approximate surface area is 691 Å². The molecular weight excluding hydrogens is 1500 g/mol. The lowest BCUT2D eigenvalue weighted by Crippen LogP contribution is -2.29. The number of rotatable bonds is 26. The summed E-state index contributed by atoms with van der Waals surface area (Å²) in [5.74, 6) is 6.05. The highest BCUT2D eigenvalue weighted by atomic mass is 19.1. The standard InChI is InChI=1S/C22H23NO2.C20H22FNO2.C19H21NO4.C19H23NO2.C17H18FNO4/c1-16(2)20-9-5-6-10-21(20)25-22(24)23-14-13-17-11-12-18-7-3-4-8-19(18)15-17;21-18-9-5-15(6-10-18)13-14-22-20(23)24-19-11-7-17(8-12-19)16-3-1-2-4-16;1-13(2)15-5-3-4-6-16(15)24-19(21)20-10-9-14-7-8-17-18(11-14)23-12-22-17;1-14(2)17-6-4-5-7-18(17)22-19(21)20-13-12-16-10-8-15(3)9-11-16;1-21-14-4-3-5-15(16(14)22-2)23-17(20)19-11-10-12-6-8-13(18)9-7-12/h3-12,15-16H,13-14H2,1-2H3,(H,23,24);5-12,16H,1-4,13-14H2,(H,22,23);3-8,11,13H,9-10,12H2,1-2H3,(H,20,21);4-11,14H,12-13H2,1-3H3,(H,20,21);3-9H,10-11H2,1-2H3,(H,19,20). The van der Waals surface area contributed by atoms with E-state index in [-0.39, 0.29) is 24.2 Å². The maximum Gasteiger partial charge on any atom is 0.412 e. The van der Waals surface area contributed by atoms with Crippen LogP contribution in [0, 0.1) is 18.6 Å². The van der Waals surface area contributed by atoms with Crippen molar-refractivity contribution in [3.05, 3.63) is 316 Å². The zero-order valence-corrected chi connectivity index (χ0v) is 68.6. The van der Waals surface area contributed by atoms with Crippen molar-refractivity contribution in [2.24, 2.45) is 0 Å². The highest BCUT2D eigenvalue weighted by molar-refractivity contribution is 5.83. The van der Waals surface area contributed by atoms with E-state index in [1.165, 1.54) is 97.2 Å². The smallest absolute Gasteiger partial charge is 0.412 e. The molecule has 11 aromatic rings. The van der Waals surface area contributed by atoms with Crippen molar-refractivity contribution >= 4 is 41.2 Å². The Morgan fingerprint density at radius 3 is 1.18 bits per heavy atom. The van der Waals surface area contributed by atoms with Gasteiger partial charge in [0.05, 0.1) is 14.2 Å². The maximum atomic E-state index is 12.8. The molecule has 118 heavy (non-hydrogen) atoms. The van der Waals surface area contributed by atoms with Crippen LogP contribution in [0.15, 0.2) is 249 Å². The van der Waals surface area contributed by atoms with Crippen LogP contribution in [0.3, 0.4) is 0 Å². The first-order valence-electron chi connectivity index (χ1n) is 39.9. The molecule has 1 saturated carbocycles. The zero-order chi connectivity index (χ0) is 84.0. The van der Waals surface area contributed by atoms with Crippen molar-refractivity contribution in [2.75, 3.05) is 53.7 Å². The molecule has 0 radical (unpaired) electrons. The van der Waals surface area contributed by atoms with Gasteiger partial charge >= 0.3 is 30.5 Å². The van der Waals surface area contributed by atoms with Gasteiger partial charge < -0.3 is 69.2 Å². The van der Waals surface area contributed by atoms with Crippen molar-refractivity contribution in [1.29, 1.82) is 0 Å². The quantitative estimate of drug-likeness (QED) is 0.0340. The minimum atomic E-state index is -0.598. The second kappa shape index (κ2) is 47.2. The molecular formula is C97H107F2N5O14. The van der Waals surface area contributed by atoms with Crippen LogP contribution in [0.25, 0.3) is 10.8 Å². The first kappa shape index (κ1) is 89.0. The fourth-order valence-electron chi connectivity index (χ4n) is 12.9. The topological polar surface area (TPSA) is 229 Å². The van der Waals surface area contributed by atoms with Crippen LogP contribution in [-0.4, -0.2) is 84.2 Å². The molecule has 11 aromatic carbocycles. The van der Waals surface area contributed by atoms with Crippen LogP contribution in [-0.2, 0) is 32.1 Å². The van der Waals surface area contributed by atoms with Gasteiger partial charge in [0.2, 0.25) is 12.5 Å². The molecule has 0 atom stereocenters. The number of amides is 5. The lowest BCUT2D eigenvalue weighted by molar-refractivity contribution is 0.174. The lowest BCUT2D eigenvalue weighted by Gasteiger charge is -2.13. The molecule has 0 saturated heterocycles. The molecule has 21 heteroatoms. The number of carbonyl (C=O) groups is 5. The Bertz CT molecular complexity index is 4980. The summed E-state index contributed by atoms with van der Waals surface area (Å²) in [6.45, 7) is 17.2. The summed E-state index contributed by atoms with van der Waals surface area (Å²) in [5, 5.41) is 16.2. The fourth-order valence-corrected chi connectivity index (χ4v) is 12.9. The van der Waals surface area contributed by atoms with Gasteiger partial charge in [-0.15, -0.1) is 0 Å². The number of para-hydroxylation sites is 4. The lowest BCUT2D eigenvalue weighted by atomic mass is 9.98. The summed E-state index contributed by atoms with van der Waals surface area (Å²) >= 11 is 0. The zero-order valence-electron chi connectivity index (χ0n) is 68.6. The van der Waals surface area contributed by atoms with Crippen LogP contribution in [0.1, 0.15) is 147 Å². The number of fused-ring (bicyclic) bond motifs is 2. The van der Waals surface area contributed by atoms with Gasteiger partial charge in [0.15, 0.2) is 23.0 Å². The third-order valence-electron chi connectivity index (χ3n) is 19.3. The minimum Gasteiger partial charge on any atom is -0.493 e. The summed E-state index contributed by atoms with van der Waals surface area (Å²) in [5.41, 5.74) is 11.0. The number of methoxy groups -OCH3 is 2. The third kappa shape index (κ3) is 29.7. The number of hydrogen-bond acceptors (Lipinski definition) is 14. The Hall–Kier alpha value is -12.9. The number of aryl methyl sites for hydroxylation is 1. The molecule has 1 heterocycles. The van der Waals surface area contributed by atoms with Crippen LogP contribution in [0.2, 0.25) is 0 Å². The van der Waals surface area contributed by atoms with Gasteiger partial charge in [0.1, 0.15) is 34.6 Å². The number of carbonyl (C=O) groups excluding carboxylic acids is 5. The molecule has 0 unspecified atom stereocenters. The second-order valence-electron chi connectivity index (χ2n) is 29.1. The Balaban J connectivity index is 0.000000168. The van der Waals surface area contributed by atoms with E-state index in [1.807, 2.05) is 115 Å². The van der Waals surface area contributed by atoms with Crippen LogP contribution in [0.5, 0.6) is 51.7 Å². The largest absolute Gasteiger partial charge is 0.493 e. The van der Waals surface area contributed by atoms with Crippen LogP contribution >= 0.6 is 0 Å². The van der Waals surface area contributed by atoms with E-state index in [1.54, 1.807) is 42.5 Å². The molecule has 1 aliphatic heterocycles. The van der Waals surface area contributed by atoms with E-state index in [9.17, 15) is 32.8 Å². The number of nitrogens with one attached hydrogen (secondary N) is 5. The van der Waals surface area contributed by atoms with Gasteiger partial charge in [-0.2, -0.15) is 0 Å². The van der Waals surface area contributed by atoms with Gasteiger partial charge in [0.25, 0.3) is 0 Å². The second-order valence-corrected chi connectivity index (χ2v) is 29.1.